The van der Waals surface area contributed by atoms with Gasteiger partial charge in [-0.05, 0) is 63.0 Å². The highest BCUT2D eigenvalue weighted by atomic mass is 16.2. The van der Waals surface area contributed by atoms with E-state index in [9.17, 15) is 4.79 Å². The first-order chi connectivity index (χ1) is 12.6. The third-order valence-corrected chi connectivity index (χ3v) is 4.83. The molecule has 2 N–H and O–H groups in total. The minimum Gasteiger partial charge on any atom is -0.358 e. The van der Waals surface area contributed by atoms with Crippen LogP contribution in [0.1, 0.15) is 40.9 Å². The van der Waals surface area contributed by atoms with E-state index >= 15 is 0 Å². The van der Waals surface area contributed by atoms with E-state index in [1.165, 1.54) is 29.7 Å². The molecule has 0 bridgehead atoms. The van der Waals surface area contributed by atoms with Crippen LogP contribution in [-0.4, -0.2) is 45.8 Å². The molecule has 7 nitrogen and oxygen atoms in total. The van der Waals surface area contributed by atoms with Crippen LogP contribution in [0.5, 0.6) is 0 Å². The van der Waals surface area contributed by atoms with Crippen LogP contribution in [0.25, 0.3) is 6.08 Å². The molecule has 2 aliphatic rings. The van der Waals surface area contributed by atoms with Crippen LogP contribution in [0.15, 0.2) is 29.1 Å². The number of hydrazone groups is 1. The van der Waals surface area contributed by atoms with Crippen LogP contribution in [0.4, 0.5) is 0 Å². The minimum atomic E-state index is -0.194. The van der Waals surface area contributed by atoms with E-state index in [0.29, 0.717) is 11.3 Å². The van der Waals surface area contributed by atoms with Crippen molar-refractivity contribution in [1.82, 2.24) is 25.5 Å². The van der Waals surface area contributed by atoms with Gasteiger partial charge >= 0.3 is 0 Å². The van der Waals surface area contributed by atoms with Crippen LogP contribution < -0.4 is 5.43 Å². The molecule has 3 heterocycles. The maximum absolute atomic E-state index is 12.4. The van der Waals surface area contributed by atoms with Gasteiger partial charge in [-0.2, -0.15) is 15.3 Å². The largest absolute Gasteiger partial charge is 0.358 e. The second kappa shape index (κ2) is 6.84. The zero-order chi connectivity index (χ0) is 18.1. The van der Waals surface area contributed by atoms with E-state index in [0.717, 1.165) is 30.6 Å². The summed E-state index contributed by atoms with van der Waals surface area (Å²) in [5.41, 5.74) is 9.51. The predicted octanol–water partition coefficient (Wildman–Crippen LogP) is 1.66. The van der Waals surface area contributed by atoms with E-state index in [4.69, 9.17) is 0 Å². The number of nitrogens with one attached hydrogen (secondary N) is 2. The van der Waals surface area contributed by atoms with Crippen molar-refractivity contribution in [3.8, 4) is 0 Å². The number of hydrogen-bond donors (Lipinski definition) is 2. The summed E-state index contributed by atoms with van der Waals surface area (Å²) in [4.78, 5) is 18.1. The molecule has 0 atom stereocenters. The first-order valence-electron chi connectivity index (χ1n) is 8.88. The Bertz CT molecular complexity index is 894. The summed E-state index contributed by atoms with van der Waals surface area (Å²) in [7, 11) is 4.13. The number of nitrogens with zero attached hydrogens (tertiary/aromatic N) is 4. The fourth-order valence-electron chi connectivity index (χ4n) is 3.66. The molecule has 7 heteroatoms. The molecule has 0 saturated carbocycles. The van der Waals surface area contributed by atoms with Crippen LogP contribution in [0.3, 0.4) is 0 Å². The van der Waals surface area contributed by atoms with E-state index in [1.54, 1.807) is 18.5 Å². The van der Waals surface area contributed by atoms with Crippen molar-refractivity contribution < 1.29 is 4.79 Å². The highest BCUT2D eigenvalue weighted by Gasteiger charge is 2.26. The SMILES string of the molecule is CN(C)Cc1c(/C=C2/C(=O)NN=C2c2ccnnc2)[nH]c2c1CCCC2. The second-order valence-corrected chi connectivity index (χ2v) is 7.01. The second-order valence-electron chi connectivity index (χ2n) is 7.01. The van der Waals surface area contributed by atoms with Gasteiger partial charge in [0.1, 0.15) is 5.71 Å². The number of fused-ring (bicyclic) bond motifs is 1. The lowest BCUT2D eigenvalue weighted by Crippen LogP contribution is -2.15. The van der Waals surface area contributed by atoms with E-state index < -0.39 is 0 Å². The van der Waals surface area contributed by atoms with Crippen molar-refractivity contribution in [3.05, 3.63) is 52.1 Å². The average Bonchev–Trinajstić information content (AvgIpc) is 3.17. The van der Waals surface area contributed by atoms with Crippen LogP contribution in [0.2, 0.25) is 0 Å². The Morgan fingerprint density at radius 3 is 2.85 bits per heavy atom. The predicted molar refractivity (Wildman–Crippen MR) is 99.5 cm³/mol. The van der Waals surface area contributed by atoms with Gasteiger partial charge in [-0.1, -0.05) is 0 Å². The van der Waals surface area contributed by atoms with Gasteiger partial charge in [-0.15, -0.1) is 0 Å². The molecule has 2 aromatic rings. The highest BCUT2D eigenvalue weighted by Crippen LogP contribution is 2.30. The third kappa shape index (κ3) is 3.06. The molecule has 1 aliphatic heterocycles. The third-order valence-electron chi connectivity index (χ3n) is 4.83. The Hall–Kier alpha value is -2.80. The van der Waals surface area contributed by atoms with Crippen LogP contribution >= 0.6 is 0 Å². The number of rotatable bonds is 4. The lowest BCUT2D eigenvalue weighted by atomic mass is 9.93. The van der Waals surface area contributed by atoms with Gasteiger partial charge < -0.3 is 9.88 Å². The molecule has 134 valence electrons. The summed E-state index contributed by atoms with van der Waals surface area (Å²) < 4.78 is 0. The monoisotopic (exact) mass is 350 g/mol. The van der Waals surface area contributed by atoms with E-state index in [1.807, 2.05) is 6.08 Å². The first kappa shape index (κ1) is 16.7. The summed E-state index contributed by atoms with van der Waals surface area (Å²) in [5, 5.41) is 11.9. The van der Waals surface area contributed by atoms with E-state index in [-0.39, 0.29) is 5.91 Å². The number of carbonyl (C=O) groups excluding carboxylic acids is 1. The molecule has 0 fully saturated rings. The Morgan fingerprint density at radius 1 is 1.23 bits per heavy atom. The van der Waals surface area contributed by atoms with Gasteiger partial charge in [0.2, 0.25) is 0 Å². The standard InChI is InChI=1S/C19H22N6O/c1-25(2)11-15-13-5-3-4-6-16(13)22-17(15)9-14-18(23-24-19(14)26)12-7-8-20-21-10-12/h7-10,22H,3-6,11H2,1-2H3,(H,24,26)/b14-9+. The summed E-state index contributed by atoms with van der Waals surface area (Å²) in [5.74, 6) is -0.194. The fraction of sp³-hybridized carbons (Fsp3) is 0.368. The van der Waals surface area contributed by atoms with Crippen molar-refractivity contribution >= 4 is 17.7 Å². The number of H-pyrrole nitrogens is 1. The molecular formula is C19H22N6O. The molecule has 4 rings (SSSR count). The van der Waals surface area contributed by atoms with Gasteiger partial charge in [0.25, 0.3) is 5.91 Å². The molecule has 0 spiro atoms. The molecule has 26 heavy (non-hydrogen) atoms. The molecule has 0 radical (unpaired) electrons. The number of hydrogen-bond acceptors (Lipinski definition) is 5. The summed E-state index contributed by atoms with van der Waals surface area (Å²) in [6.45, 7) is 0.843. The first-order valence-corrected chi connectivity index (χ1v) is 8.88. The summed E-state index contributed by atoms with van der Waals surface area (Å²) in [6.07, 6.45) is 9.74. The lowest BCUT2D eigenvalue weighted by Gasteiger charge is -2.15. The van der Waals surface area contributed by atoms with Gasteiger partial charge in [0, 0.05) is 23.5 Å². The maximum Gasteiger partial charge on any atom is 0.273 e. The van der Waals surface area contributed by atoms with Crippen molar-refractivity contribution in [2.75, 3.05) is 14.1 Å². The van der Waals surface area contributed by atoms with Crippen molar-refractivity contribution in [2.24, 2.45) is 5.10 Å². The Labute approximate surface area is 152 Å². The van der Waals surface area contributed by atoms with Gasteiger partial charge in [-0.25, -0.2) is 5.43 Å². The lowest BCUT2D eigenvalue weighted by molar-refractivity contribution is -0.116. The number of aryl methyl sites for hydroxylation is 1. The number of aromatic nitrogens is 3. The van der Waals surface area contributed by atoms with Gasteiger partial charge in [-0.3, -0.25) is 4.79 Å². The molecular weight excluding hydrogens is 328 g/mol. The van der Waals surface area contributed by atoms with Crippen molar-refractivity contribution in [2.45, 2.75) is 32.2 Å². The number of carbonyl (C=O) groups is 1. The Morgan fingerprint density at radius 2 is 2.08 bits per heavy atom. The molecule has 1 amide bonds. The van der Waals surface area contributed by atoms with Crippen LogP contribution in [0, 0.1) is 0 Å². The molecule has 0 saturated heterocycles. The van der Waals surface area contributed by atoms with E-state index in [2.05, 4.69) is 44.7 Å². The van der Waals surface area contributed by atoms with Crippen LogP contribution in [-0.2, 0) is 24.2 Å². The smallest absolute Gasteiger partial charge is 0.273 e. The quantitative estimate of drug-likeness (QED) is 0.821. The number of aromatic amines is 1. The average molecular weight is 350 g/mol. The maximum atomic E-state index is 12.4. The normalized spacial score (nSPS) is 18.2. The molecule has 2 aromatic heterocycles. The zero-order valence-electron chi connectivity index (χ0n) is 15.0. The summed E-state index contributed by atoms with van der Waals surface area (Å²) >= 11 is 0. The summed E-state index contributed by atoms with van der Waals surface area (Å²) in [6, 6.07) is 1.81. The Balaban J connectivity index is 1.78. The Kier molecular flexibility index (Phi) is 4.38. The zero-order valence-corrected chi connectivity index (χ0v) is 15.0. The number of amides is 1. The van der Waals surface area contributed by atoms with Crippen molar-refractivity contribution in [1.29, 1.82) is 0 Å². The molecule has 0 aromatic carbocycles. The van der Waals surface area contributed by atoms with Gasteiger partial charge in [0.05, 0.1) is 18.0 Å². The van der Waals surface area contributed by atoms with Crippen molar-refractivity contribution in [3.63, 3.8) is 0 Å². The molecule has 0 unspecified atom stereocenters. The fourth-order valence-corrected chi connectivity index (χ4v) is 3.66. The minimum absolute atomic E-state index is 0.194. The highest BCUT2D eigenvalue weighted by molar-refractivity contribution is 6.33. The topological polar surface area (TPSA) is 86.3 Å². The van der Waals surface area contributed by atoms with Gasteiger partial charge in [0.15, 0.2) is 0 Å². The molecule has 1 aliphatic carbocycles.